The number of hydrogen-bond donors (Lipinski definition) is 1. The molecule has 0 fully saturated rings. The summed E-state index contributed by atoms with van der Waals surface area (Å²) in [5.41, 5.74) is 2.37. The first-order valence-corrected chi connectivity index (χ1v) is 5.46. The van der Waals surface area contributed by atoms with E-state index in [1.807, 2.05) is 18.2 Å². The van der Waals surface area contributed by atoms with Crippen LogP contribution >= 0.6 is 0 Å². The Bertz CT molecular complexity index is 280. The molecule has 0 aliphatic rings. The normalized spacial score (nSPS) is 15.1. The third kappa shape index (κ3) is 2.36. The molecule has 0 aromatic heterocycles. The van der Waals surface area contributed by atoms with Crippen molar-refractivity contribution in [3.63, 3.8) is 0 Å². The van der Waals surface area contributed by atoms with E-state index in [0.29, 0.717) is 5.92 Å². The van der Waals surface area contributed by atoms with E-state index in [4.69, 9.17) is 0 Å². The molecule has 78 valence electrons. The van der Waals surface area contributed by atoms with Gasteiger partial charge in [-0.1, -0.05) is 51.5 Å². The molecule has 0 spiro atoms. The zero-order valence-corrected chi connectivity index (χ0v) is 9.33. The van der Waals surface area contributed by atoms with Gasteiger partial charge in [0.2, 0.25) is 0 Å². The number of aliphatic hydroxyl groups is 1. The van der Waals surface area contributed by atoms with Crippen LogP contribution in [0.3, 0.4) is 0 Å². The summed E-state index contributed by atoms with van der Waals surface area (Å²) >= 11 is 0. The van der Waals surface area contributed by atoms with Gasteiger partial charge in [0.1, 0.15) is 0 Å². The van der Waals surface area contributed by atoms with Gasteiger partial charge in [-0.05, 0) is 23.5 Å². The molecule has 1 aromatic carbocycles. The van der Waals surface area contributed by atoms with Crippen LogP contribution in [0.15, 0.2) is 24.3 Å². The first-order valence-electron chi connectivity index (χ1n) is 5.46. The van der Waals surface area contributed by atoms with Crippen LogP contribution in [0, 0.1) is 5.92 Å². The second kappa shape index (κ2) is 5.16. The fourth-order valence-electron chi connectivity index (χ4n) is 1.67. The van der Waals surface area contributed by atoms with Crippen molar-refractivity contribution in [2.45, 2.75) is 39.7 Å². The highest BCUT2D eigenvalue weighted by Crippen LogP contribution is 2.26. The zero-order valence-electron chi connectivity index (χ0n) is 9.33. The van der Waals surface area contributed by atoms with Crippen molar-refractivity contribution in [3.05, 3.63) is 35.4 Å². The maximum absolute atomic E-state index is 10.1. The van der Waals surface area contributed by atoms with Gasteiger partial charge in [0.15, 0.2) is 0 Å². The Labute approximate surface area is 86.8 Å². The molecule has 0 radical (unpaired) electrons. The molecule has 0 saturated heterocycles. The van der Waals surface area contributed by atoms with Crippen LogP contribution < -0.4 is 0 Å². The van der Waals surface area contributed by atoms with Gasteiger partial charge in [-0.3, -0.25) is 0 Å². The predicted octanol–water partition coefficient (Wildman–Crippen LogP) is 3.33. The van der Waals surface area contributed by atoms with Crippen molar-refractivity contribution < 1.29 is 5.11 Å². The lowest BCUT2D eigenvalue weighted by atomic mass is 9.91. The average molecular weight is 192 g/mol. The van der Waals surface area contributed by atoms with Gasteiger partial charge in [0.05, 0.1) is 6.10 Å². The Hall–Kier alpha value is -0.820. The average Bonchev–Trinajstić information content (AvgIpc) is 2.26. The molecule has 1 heteroatoms. The fourth-order valence-corrected chi connectivity index (χ4v) is 1.67. The van der Waals surface area contributed by atoms with Crippen LogP contribution in [0.25, 0.3) is 0 Å². The zero-order chi connectivity index (χ0) is 10.6. The van der Waals surface area contributed by atoms with E-state index < -0.39 is 0 Å². The molecule has 0 aliphatic carbocycles. The van der Waals surface area contributed by atoms with Crippen molar-refractivity contribution in [1.82, 2.24) is 0 Å². The van der Waals surface area contributed by atoms with Gasteiger partial charge in [-0.2, -0.15) is 0 Å². The number of aryl methyl sites for hydroxylation is 1. The molecule has 0 saturated carbocycles. The van der Waals surface area contributed by atoms with E-state index in [0.717, 1.165) is 18.4 Å². The summed E-state index contributed by atoms with van der Waals surface area (Å²) in [6, 6.07) is 8.17. The number of hydrogen-bond acceptors (Lipinski definition) is 1. The SMILES string of the molecule is CCc1ccccc1C(O)C(C)CC. The van der Waals surface area contributed by atoms with Crippen molar-refractivity contribution in [2.24, 2.45) is 5.92 Å². The second-order valence-corrected chi connectivity index (χ2v) is 3.88. The Kier molecular flexibility index (Phi) is 4.15. The molecule has 1 aromatic rings. The van der Waals surface area contributed by atoms with Crippen molar-refractivity contribution in [1.29, 1.82) is 0 Å². The van der Waals surface area contributed by atoms with Crippen molar-refractivity contribution in [3.8, 4) is 0 Å². The lowest BCUT2D eigenvalue weighted by Crippen LogP contribution is -2.10. The minimum Gasteiger partial charge on any atom is -0.388 e. The van der Waals surface area contributed by atoms with E-state index in [1.54, 1.807) is 0 Å². The highest BCUT2D eigenvalue weighted by molar-refractivity contribution is 5.29. The van der Waals surface area contributed by atoms with Crippen LogP contribution in [-0.4, -0.2) is 5.11 Å². The summed E-state index contributed by atoms with van der Waals surface area (Å²) in [6.07, 6.45) is 1.69. The third-order valence-electron chi connectivity index (χ3n) is 2.94. The summed E-state index contributed by atoms with van der Waals surface area (Å²) in [5, 5.41) is 10.1. The standard InChI is InChI=1S/C13H20O/c1-4-10(3)13(14)12-9-7-6-8-11(12)5-2/h6-10,13-14H,4-5H2,1-3H3. The molecule has 0 heterocycles. The smallest absolute Gasteiger partial charge is 0.0818 e. The second-order valence-electron chi connectivity index (χ2n) is 3.88. The van der Waals surface area contributed by atoms with Crippen LogP contribution in [0.4, 0.5) is 0 Å². The van der Waals surface area contributed by atoms with Crippen LogP contribution in [0.5, 0.6) is 0 Å². The van der Waals surface area contributed by atoms with Gasteiger partial charge < -0.3 is 5.11 Å². The van der Waals surface area contributed by atoms with E-state index in [-0.39, 0.29) is 6.10 Å². The minimum atomic E-state index is -0.309. The summed E-state index contributed by atoms with van der Waals surface area (Å²) in [4.78, 5) is 0. The Balaban J connectivity index is 2.93. The molecule has 0 bridgehead atoms. The lowest BCUT2D eigenvalue weighted by Gasteiger charge is -2.20. The minimum absolute atomic E-state index is 0.309. The molecule has 0 aliphatic heterocycles. The Morgan fingerprint density at radius 2 is 1.86 bits per heavy atom. The topological polar surface area (TPSA) is 20.2 Å². The third-order valence-corrected chi connectivity index (χ3v) is 2.94. The molecule has 14 heavy (non-hydrogen) atoms. The van der Waals surface area contributed by atoms with Crippen molar-refractivity contribution in [2.75, 3.05) is 0 Å². The van der Waals surface area contributed by atoms with Gasteiger partial charge in [0, 0.05) is 0 Å². The van der Waals surface area contributed by atoms with Crippen LogP contribution in [0.1, 0.15) is 44.4 Å². The first kappa shape index (κ1) is 11.3. The molecule has 0 amide bonds. The van der Waals surface area contributed by atoms with Crippen LogP contribution in [0.2, 0.25) is 0 Å². The Morgan fingerprint density at radius 3 is 2.43 bits per heavy atom. The first-order chi connectivity index (χ1) is 6.70. The number of benzene rings is 1. The van der Waals surface area contributed by atoms with Crippen LogP contribution in [-0.2, 0) is 6.42 Å². The number of aliphatic hydroxyl groups excluding tert-OH is 1. The van der Waals surface area contributed by atoms with E-state index >= 15 is 0 Å². The van der Waals surface area contributed by atoms with Gasteiger partial charge >= 0.3 is 0 Å². The van der Waals surface area contributed by atoms with E-state index in [2.05, 4.69) is 26.8 Å². The number of rotatable bonds is 4. The molecule has 1 rings (SSSR count). The van der Waals surface area contributed by atoms with Gasteiger partial charge in [-0.15, -0.1) is 0 Å². The highest BCUT2D eigenvalue weighted by atomic mass is 16.3. The quantitative estimate of drug-likeness (QED) is 0.775. The molecule has 1 N–H and O–H groups in total. The maximum atomic E-state index is 10.1. The molecule has 1 nitrogen and oxygen atoms in total. The van der Waals surface area contributed by atoms with Gasteiger partial charge in [-0.25, -0.2) is 0 Å². The molecule has 2 atom stereocenters. The van der Waals surface area contributed by atoms with Crippen molar-refractivity contribution >= 4 is 0 Å². The maximum Gasteiger partial charge on any atom is 0.0818 e. The largest absolute Gasteiger partial charge is 0.388 e. The molecular formula is C13H20O. The Morgan fingerprint density at radius 1 is 1.21 bits per heavy atom. The monoisotopic (exact) mass is 192 g/mol. The predicted molar refractivity (Wildman–Crippen MR) is 60.2 cm³/mol. The van der Waals surface area contributed by atoms with Gasteiger partial charge in [0.25, 0.3) is 0 Å². The lowest BCUT2D eigenvalue weighted by molar-refractivity contribution is 0.114. The summed E-state index contributed by atoms with van der Waals surface area (Å²) in [5.74, 6) is 0.336. The van der Waals surface area contributed by atoms with E-state index in [9.17, 15) is 5.11 Å². The summed E-state index contributed by atoms with van der Waals surface area (Å²) in [6.45, 7) is 6.34. The molecule has 2 unspecified atom stereocenters. The highest BCUT2D eigenvalue weighted by Gasteiger charge is 2.16. The summed E-state index contributed by atoms with van der Waals surface area (Å²) < 4.78 is 0. The fraction of sp³-hybridized carbons (Fsp3) is 0.538. The molecular weight excluding hydrogens is 172 g/mol. The van der Waals surface area contributed by atoms with E-state index in [1.165, 1.54) is 5.56 Å². The summed E-state index contributed by atoms with van der Waals surface area (Å²) in [7, 11) is 0.